The second-order valence-electron chi connectivity index (χ2n) is 16.6. The molecular weight excluding hydrogens is 695 g/mol. The Labute approximate surface area is 313 Å². The van der Waals surface area contributed by atoms with Gasteiger partial charge in [0, 0.05) is 43.3 Å². The molecular formula is C41H53N3O8S. The van der Waals surface area contributed by atoms with Gasteiger partial charge in [0.1, 0.15) is 21.5 Å². The van der Waals surface area contributed by atoms with Gasteiger partial charge in [-0.1, -0.05) is 81.0 Å². The number of hydrogen-bond donors (Lipinski definition) is 2. The molecule has 12 heteroatoms. The predicted octanol–water partition coefficient (Wildman–Crippen LogP) is 5.86. The van der Waals surface area contributed by atoms with E-state index in [1.54, 1.807) is 37.8 Å². The summed E-state index contributed by atoms with van der Waals surface area (Å²) < 4.78 is 29.5. The van der Waals surface area contributed by atoms with E-state index in [1.807, 2.05) is 47.4 Å². The number of amides is 3. The summed E-state index contributed by atoms with van der Waals surface area (Å²) in [5.41, 5.74) is 2.11. The van der Waals surface area contributed by atoms with Gasteiger partial charge in [-0.15, -0.1) is 0 Å². The Morgan fingerprint density at radius 1 is 0.925 bits per heavy atom. The maximum absolute atomic E-state index is 14.9. The van der Waals surface area contributed by atoms with Crippen LogP contribution in [0.3, 0.4) is 0 Å². The fourth-order valence-corrected chi connectivity index (χ4v) is 9.07. The van der Waals surface area contributed by atoms with E-state index in [9.17, 15) is 32.7 Å². The number of likely N-dealkylation sites (tertiary alicyclic amines) is 1. The fourth-order valence-electron chi connectivity index (χ4n) is 8.41. The minimum atomic E-state index is -3.42. The molecule has 2 aromatic rings. The number of aromatic carboxylic acids is 1. The molecule has 0 saturated carbocycles. The van der Waals surface area contributed by atoms with Crippen molar-refractivity contribution < 1.29 is 37.4 Å². The monoisotopic (exact) mass is 747 g/mol. The predicted molar refractivity (Wildman–Crippen MR) is 204 cm³/mol. The molecule has 0 aromatic heterocycles. The molecule has 5 rings (SSSR count). The molecule has 1 unspecified atom stereocenters. The highest BCUT2D eigenvalue weighted by molar-refractivity contribution is 7.90. The molecule has 0 bridgehead atoms. The zero-order valence-electron chi connectivity index (χ0n) is 31.9. The van der Waals surface area contributed by atoms with Crippen LogP contribution in [-0.2, 0) is 29.6 Å². The maximum Gasteiger partial charge on any atom is 0.408 e. The van der Waals surface area contributed by atoms with Crippen LogP contribution in [0.2, 0.25) is 0 Å². The Morgan fingerprint density at radius 3 is 2.11 bits per heavy atom. The highest BCUT2D eigenvalue weighted by atomic mass is 32.2. The molecule has 2 heterocycles. The van der Waals surface area contributed by atoms with Gasteiger partial charge in [0.05, 0.1) is 16.7 Å². The van der Waals surface area contributed by atoms with Crippen molar-refractivity contribution in [3.05, 3.63) is 89.0 Å². The first-order chi connectivity index (χ1) is 24.7. The number of fused-ring (bicyclic) bond motifs is 1. The lowest BCUT2D eigenvalue weighted by Gasteiger charge is -2.52. The summed E-state index contributed by atoms with van der Waals surface area (Å²) >= 11 is 0. The molecule has 11 nitrogen and oxygen atoms in total. The lowest BCUT2D eigenvalue weighted by Crippen LogP contribution is -2.59. The Kier molecular flexibility index (Phi) is 11.1. The Balaban J connectivity index is 1.37. The lowest BCUT2D eigenvalue weighted by molar-refractivity contribution is -0.144. The van der Waals surface area contributed by atoms with Crippen molar-refractivity contribution in [2.24, 2.45) is 10.8 Å². The van der Waals surface area contributed by atoms with Crippen molar-refractivity contribution in [2.75, 3.05) is 38.2 Å². The van der Waals surface area contributed by atoms with Crippen LogP contribution < -0.4 is 5.32 Å². The lowest BCUT2D eigenvalue weighted by atomic mass is 9.58. The average molecular weight is 748 g/mol. The molecule has 0 radical (unpaired) electrons. The SMILES string of the molecule is CC(C)(C)OC(=O)NC(CCS(C)(=O)=O)C(=O)N1CCC(C(=O)N2CC=C3C(C)(C)C(c4ccc(C(=O)O)cc4)=CC[C@]3(C)C2)(c2ccccc2)CC1. The minimum absolute atomic E-state index is 0.00433. The molecule has 3 amide bonds. The second-order valence-corrected chi connectivity index (χ2v) is 18.8. The van der Waals surface area contributed by atoms with E-state index in [2.05, 4.69) is 38.2 Å². The van der Waals surface area contributed by atoms with Crippen LogP contribution in [0.15, 0.2) is 72.3 Å². The number of carboxylic acid groups (broad SMARTS) is 1. The second kappa shape index (κ2) is 14.8. The van der Waals surface area contributed by atoms with Crippen molar-refractivity contribution in [1.82, 2.24) is 15.1 Å². The summed E-state index contributed by atoms with van der Waals surface area (Å²) in [5.74, 6) is -1.65. The molecule has 53 heavy (non-hydrogen) atoms. The Hall–Kier alpha value is -4.45. The van der Waals surface area contributed by atoms with E-state index in [-0.39, 0.29) is 47.6 Å². The fraction of sp³-hybridized carbons (Fsp3) is 0.512. The normalized spacial score (nSPS) is 21.7. The summed E-state index contributed by atoms with van der Waals surface area (Å²) in [6, 6.07) is 15.6. The first-order valence-corrected chi connectivity index (χ1v) is 20.3. The number of ether oxygens (including phenoxy) is 1. The van der Waals surface area contributed by atoms with Crippen LogP contribution in [-0.4, -0.2) is 97.0 Å². The van der Waals surface area contributed by atoms with E-state index in [0.717, 1.165) is 23.0 Å². The van der Waals surface area contributed by atoms with Crippen molar-refractivity contribution >= 4 is 39.3 Å². The van der Waals surface area contributed by atoms with Gasteiger partial charge in [0.25, 0.3) is 0 Å². The number of nitrogens with zero attached hydrogens (tertiary/aromatic N) is 2. The summed E-state index contributed by atoms with van der Waals surface area (Å²) in [6.45, 7) is 13.1. The number of hydrogen-bond acceptors (Lipinski definition) is 7. The van der Waals surface area contributed by atoms with Crippen LogP contribution in [0.5, 0.6) is 0 Å². The topological polar surface area (TPSA) is 150 Å². The molecule has 1 saturated heterocycles. The van der Waals surface area contributed by atoms with Crippen LogP contribution in [0.4, 0.5) is 4.79 Å². The first-order valence-electron chi connectivity index (χ1n) is 18.2. The highest BCUT2D eigenvalue weighted by Crippen LogP contribution is 2.55. The first kappa shape index (κ1) is 39.8. The highest BCUT2D eigenvalue weighted by Gasteiger charge is 2.51. The molecule has 286 valence electrons. The summed E-state index contributed by atoms with van der Waals surface area (Å²) in [7, 11) is -3.42. The third-order valence-corrected chi connectivity index (χ3v) is 11.9. The van der Waals surface area contributed by atoms with Crippen LogP contribution in [0, 0.1) is 10.8 Å². The zero-order chi connectivity index (χ0) is 39.0. The number of piperidine rings is 1. The van der Waals surface area contributed by atoms with Crippen molar-refractivity contribution in [2.45, 2.75) is 84.3 Å². The van der Waals surface area contributed by atoms with E-state index in [0.29, 0.717) is 32.4 Å². The summed E-state index contributed by atoms with van der Waals surface area (Å²) in [5, 5.41) is 12.0. The number of benzene rings is 2. The summed E-state index contributed by atoms with van der Waals surface area (Å²) in [6.07, 6.45) is 6.03. The maximum atomic E-state index is 14.9. The van der Waals surface area contributed by atoms with E-state index < -0.39 is 44.9 Å². The average Bonchev–Trinajstić information content (AvgIpc) is 3.08. The van der Waals surface area contributed by atoms with Crippen LogP contribution >= 0.6 is 0 Å². The molecule has 2 aliphatic heterocycles. The number of alkyl carbamates (subject to hydrolysis) is 1. The van der Waals surface area contributed by atoms with E-state index >= 15 is 0 Å². The number of carbonyl (C=O) groups excluding carboxylic acids is 3. The van der Waals surface area contributed by atoms with Crippen molar-refractivity contribution in [3.8, 4) is 0 Å². The number of sulfone groups is 1. The van der Waals surface area contributed by atoms with Gasteiger partial charge in [0.2, 0.25) is 11.8 Å². The molecule has 2 N–H and O–H groups in total. The number of carboxylic acids is 1. The van der Waals surface area contributed by atoms with Crippen LogP contribution in [0.25, 0.3) is 5.57 Å². The van der Waals surface area contributed by atoms with Gasteiger partial charge in [-0.25, -0.2) is 18.0 Å². The third kappa shape index (κ3) is 8.69. The van der Waals surface area contributed by atoms with Gasteiger partial charge in [-0.2, -0.15) is 0 Å². The van der Waals surface area contributed by atoms with Gasteiger partial charge in [0.15, 0.2) is 0 Å². The molecule has 2 aromatic carbocycles. The third-order valence-electron chi connectivity index (χ3n) is 11.0. The van der Waals surface area contributed by atoms with E-state index in [4.69, 9.17) is 4.74 Å². The standard InChI is InChI=1S/C41H53N3O8S/c1-38(2,3)52-37(49)42-32(19-26-53(7,50)51)34(45)43-24-21-41(22-25-43,30-11-9-8-10-12-30)36(48)44-23-18-33-39(4,5)31(17-20-40(33,6)27-44)28-13-15-29(16-14-28)35(46)47/h8-18,32H,19-27H2,1-7H3,(H,42,49)(H,46,47)/t32?,40-/m1/s1. The number of nitrogens with one attached hydrogen (secondary N) is 1. The Bertz CT molecular complexity index is 1900. The number of rotatable bonds is 9. The largest absolute Gasteiger partial charge is 0.478 e. The molecule has 2 atom stereocenters. The van der Waals surface area contributed by atoms with Gasteiger partial charge in [-0.3, -0.25) is 9.59 Å². The van der Waals surface area contributed by atoms with Gasteiger partial charge in [-0.05, 0) is 75.3 Å². The minimum Gasteiger partial charge on any atom is -0.478 e. The van der Waals surface area contributed by atoms with Crippen molar-refractivity contribution in [1.29, 1.82) is 0 Å². The Morgan fingerprint density at radius 2 is 1.55 bits per heavy atom. The van der Waals surface area contributed by atoms with Gasteiger partial charge >= 0.3 is 12.1 Å². The molecule has 3 aliphatic rings. The zero-order valence-corrected chi connectivity index (χ0v) is 32.7. The molecule has 1 aliphatic carbocycles. The molecule has 1 fully saturated rings. The van der Waals surface area contributed by atoms with Crippen molar-refractivity contribution in [3.63, 3.8) is 0 Å². The summed E-state index contributed by atoms with van der Waals surface area (Å²) in [4.78, 5) is 56.5. The van der Waals surface area contributed by atoms with Gasteiger partial charge < -0.3 is 25.0 Å². The number of carbonyl (C=O) groups is 4. The van der Waals surface area contributed by atoms with Crippen LogP contribution in [0.1, 0.15) is 88.7 Å². The quantitative estimate of drug-likeness (QED) is 0.303. The van der Waals surface area contributed by atoms with E-state index in [1.165, 1.54) is 5.57 Å². The smallest absolute Gasteiger partial charge is 0.408 e. The number of allylic oxidation sites excluding steroid dienone is 2. The molecule has 0 spiro atoms.